The summed E-state index contributed by atoms with van der Waals surface area (Å²) in [6.07, 6.45) is 0. The highest BCUT2D eigenvalue weighted by molar-refractivity contribution is 6.27. The fourth-order valence-electron chi connectivity index (χ4n) is 2.16. The van der Waals surface area contributed by atoms with Crippen molar-refractivity contribution in [3.05, 3.63) is 0 Å². The fourth-order valence-corrected chi connectivity index (χ4v) is 2.16. The number of likely N-dealkylation sites (N-methyl/N-ethyl adjacent to an activating group) is 1. The highest BCUT2D eigenvalue weighted by atomic mass is 16.2. The molecule has 0 aromatic carbocycles. The Morgan fingerprint density at radius 1 is 0.750 bits per heavy atom. The summed E-state index contributed by atoms with van der Waals surface area (Å²) in [4.78, 5) is 46.6. The molecule has 0 heterocycles. The van der Waals surface area contributed by atoms with Gasteiger partial charge in [0.05, 0.1) is 21.0 Å². The van der Waals surface area contributed by atoms with E-state index in [2.05, 4.69) is 0 Å². The minimum Gasteiger partial charge on any atom is -0.292 e. The van der Waals surface area contributed by atoms with Gasteiger partial charge in [-0.15, -0.1) is 0 Å². The Morgan fingerprint density at radius 3 is 1.06 bits per heavy atom. The molecule has 0 bridgehead atoms. The van der Waals surface area contributed by atoms with Gasteiger partial charge in [-0.2, -0.15) is 0 Å². The number of hydrogen-bond acceptors (Lipinski definition) is 4. The van der Waals surface area contributed by atoms with Gasteiger partial charge in [0.25, 0.3) is 5.54 Å². The molecule has 0 fully saturated rings. The summed E-state index contributed by atoms with van der Waals surface area (Å²) in [7, 11) is 2.79. The largest absolute Gasteiger partial charge is 0.311 e. The van der Waals surface area contributed by atoms with Gasteiger partial charge < -0.3 is 0 Å². The molecule has 0 radical (unpaired) electrons. The van der Waals surface area contributed by atoms with Gasteiger partial charge in [-0.05, 0) is 0 Å². The molecule has 0 aliphatic carbocycles. The summed E-state index contributed by atoms with van der Waals surface area (Å²) in [5.74, 6) is -2.23. The van der Waals surface area contributed by atoms with Crippen molar-refractivity contribution < 1.29 is 23.7 Å². The van der Waals surface area contributed by atoms with Crippen molar-refractivity contribution in [1.82, 2.24) is 0 Å². The molecule has 0 saturated heterocycles. The highest BCUT2D eigenvalue weighted by Gasteiger charge is 2.61. The van der Waals surface area contributed by atoms with Crippen molar-refractivity contribution in [1.29, 1.82) is 0 Å². The average Bonchev–Trinajstić information content (AvgIpc) is 2.00. The molecule has 5 heteroatoms. The molecule has 0 rings (SSSR count). The van der Waals surface area contributed by atoms with Crippen LogP contribution in [-0.4, -0.2) is 47.4 Å². The number of nitrogens with zero attached hydrogens (tertiary/aromatic N) is 1. The van der Waals surface area contributed by atoms with Crippen molar-refractivity contribution in [3.63, 3.8) is 0 Å². The summed E-state index contributed by atoms with van der Waals surface area (Å²) in [6.45, 7) is 4.73. The van der Waals surface area contributed by atoms with E-state index in [1.807, 2.05) is 0 Å². The van der Waals surface area contributed by atoms with Crippen LogP contribution in [0.3, 0.4) is 0 Å². The number of hydrogen-bond donors (Lipinski definition) is 0. The summed E-state index contributed by atoms with van der Waals surface area (Å²) < 4.78 is -0.576. The lowest BCUT2D eigenvalue weighted by Gasteiger charge is -2.40. The van der Waals surface area contributed by atoms with Gasteiger partial charge in [-0.25, -0.2) is 9.28 Å². The molecule has 0 aliphatic rings. The third-order valence-corrected chi connectivity index (χ3v) is 3.15. The molecule has 5 nitrogen and oxygen atoms in total. The third-order valence-electron chi connectivity index (χ3n) is 3.15. The lowest BCUT2D eigenvalue weighted by molar-refractivity contribution is -0.836. The molecule has 0 unspecified atom stereocenters. The van der Waals surface area contributed by atoms with Crippen LogP contribution in [0.15, 0.2) is 0 Å². The molecule has 0 saturated carbocycles. The van der Waals surface area contributed by atoms with Crippen LogP contribution in [0, 0.1) is 0 Å². The molecular weight excluding hydrogens is 210 g/mol. The van der Waals surface area contributed by atoms with E-state index in [1.54, 1.807) is 0 Å². The van der Waals surface area contributed by atoms with Gasteiger partial charge in [-0.3, -0.25) is 14.4 Å². The van der Waals surface area contributed by atoms with Gasteiger partial charge in [0.1, 0.15) is 0 Å². The second kappa shape index (κ2) is 4.25. The highest BCUT2D eigenvalue weighted by Crippen LogP contribution is 2.25. The maximum absolute atomic E-state index is 11.7. The van der Waals surface area contributed by atoms with Gasteiger partial charge >= 0.3 is 5.91 Å². The van der Waals surface area contributed by atoms with Crippen LogP contribution < -0.4 is 0 Å². The van der Waals surface area contributed by atoms with E-state index in [0.29, 0.717) is 0 Å². The average molecular weight is 228 g/mol. The van der Waals surface area contributed by atoms with Crippen molar-refractivity contribution >= 4 is 23.3 Å². The summed E-state index contributed by atoms with van der Waals surface area (Å²) in [5, 5.41) is 0. The molecular formula is C11H18NO4+. The predicted octanol–water partition coefficient (Wildman–Crippen LogP) is 0.115. The topological polar surface area (TPSA) is 68.3 Å². The number of Topliss-reactive ketones (excluding diaryl/α,β-unsaturated/α-hetero) is 3. The number of carbonyl (C=O) groups is 4. The first-order chi connectivity index (χ1) is 7.02. The maximum Gasteiger partial charge on any atom is 0.311 e. The standard InChI is InChI=1S/C11H18NO4/c1-7(13)11(8(2)14,9(3)15)12(5,6)10(4)16/h1-6H3/q+1. The quantitative estimate of drug-likeness (QED) is 0.506. The van der Waals surface area contributed by atoms with Gasteiger partial charge in [0.15, 0.2) is 0 Å². The summed E-state index contributed by atoms with van der Waals surface area (Å²) in [5.41, 5.74) is -1.91. The Bertz CT molecular complexity index is 332. The predicted molar refractivity (Wildman–Crippen MR) is 57.6 cm³/mol. The molecule has 1 amide bonds. The van der Waals surface area contributed by atoms with Crippen LogP contribution in [0.25, 0.3) is 0 Å². The number of rotatable bonds is 4. The molecule has 0 N–H and O–H groups in total. The molecule has 0 spiro atoms. The van der Waals surface area contributed by atoms with Gasteiger partial charge in [0.2, 0.25) is 17.3 Å². The Labute approximate surface area is 95.0 Å². The molecule has 16 heavy (non-hydrogen) atoms. The number of carbonyl (C=O) groups excluding carboxylic acids is 4. The van der Waals surface area contributed by atoms with Crippen LogP contribution in [0.4, 0.5) is 0 Å². The van der Waals surface area contributed by atoms with E-state index < -0.39 is 33.3 Å². The van der Waals surface area contributed by atoms with Crippen molar-refractivity contribution in [2.24, 2.45) is 0 Å². The maximum atomic E-state index is 11.7. The zero-order valence-corrected chi connectivity index (χ0v) is 10.6. The number of ketones is 3. The lowest BCUT2D eigenvalue weighted by atomic mass is 9.82. The zero-order chi connectivity index (χ0) is 13.3. The molecule has 0 aromatic heterocycles. The Morgan fingerprint density at radius 2 is 1.00 bits per heavy atom. The number of amides is 1. The normalized spacial score (nSPS) is 12.1. The zero-order valence-electron chi connectivity index (χ0n) is 10.6. The minimum atomic E-state index is -1.91. The second-order valence-electron chi connectivity index (χ2n) is 4.35. The van der Waals surface area contributed by atoms with Crippen molar-refractivity contribution in [3.8, 4) is 0 Å². The van der Waals surface area contributed by atoms with E-state index in [-0.39, 0.29) is 0 Å². The van der Waals surface area contributed by atoms with Crippen LogP contribution >= 0.6 is 0 Å². The van der Waals surface area contributed by atoms with Gasteiger partial charge in [0, 0.05) is 20.8 Å². The SMILES string of the molecule is CC(=O)C(C(C)=O)(C(C)=O)[N+](C)(C)C(C)=O. The Hall–Kier alpha value is -1.36. The number of quaternary nitrogens is 1. The molecule has 0 atom stereocenters. The summed E-state index contributed by atoms with van der Waals surface area (Å²) >= 11 is 0. The smallest absolute Gasteiger partial charge is 0.292 e. The summed E-state index contributed by atoms with van der Waals surface area (Å²) in [6, 6.07) is 0. The van der Waals surface area contributed by atoms with Crippen molar-refractivity contribution in [2.45, 2.75) is 33.2 Å². The van der Waals surface area contributed by atoms with E-state index in [9.17, 15) is 19.2 Å². The monoisotopic (exact) mass is 228 g/mol. The van der Waals surface area contributed by atoms with E-state index in [4.69, 9.17) is 0 Å². The Balaban J connectivity index is 6.14. The van der Waals surface area contributed by atoms with E-state index in [1.165, 1.54) is 21.0 Å². The van der Waals surface area contributed by atoms with Crippen LogP contribution in [0.5, 0.6) is 0 Å². The molecule has 90 valence electrons. The van der Waals surface area contributed by atoms with Crippen molar-refractivity contribution in [2.75, 3.05) is 14.1 Å². The lowest BCUT2D eigenvalue weighted by Crippen LogP contribution is -2.72. The van der Waals surface area contributed by atoms with E-state index >= 15 is 0 Å². The van der Waals surface area contributed by atoms with Crippen LogP contribution in [0.1, 0.15) is 27.7 Å². The van der Waals surface area contributed by atoms with E-state index in [0.717, 1.165) is 20.8 Å². The molecule has 0 aromatic rings. The fraction of sp³-hybridized carbons (Fsp3) is 0.636. The first-order valence-electron chi connectivity index (χ1n) is 4.91. The van der Waals surface area contributed by atoms with Crippen LogP contribution in [0.2, 0.25) is 0 Å². The third kappa shape index (κ3) is 1.71. The first kappa shape index (κ1) is 14.6. The second-order valence-corrected chi connectivity index (χ2v) is 4.35. The minimum absolute atomic E-state index is 0.416. The molecule has 0 aliphatic heterocycles. The Kier molecular flexibility index (Phi) is 3.89. The van der Waals surface area contributed by atoms with Gasteiger partial charge in [-0.1, -0.05) is 0 Å². The van der Waals surface area contributed by atoms with Crippen LogP contribution in [-0.2, 0) is 19.2 Å². The first-order valence-corrected chi connectivity index (χ1v) is 4.91.